The second-order valence-electron chi connectivity index (χ2n) is 4.95. The number of allylic oxidation sites excluding steroid dienone is 1. The Morgan fingerprint density at radius 1 is 1.19 bits per heavy atom. The molecule has 0 aliphatic heterocycles. The third-order valence-corrected chi connectivity index (χ3v) is 3.34. The minimum atomic E-state index is -1.43. The number of benzene rings is 1. The predicted octanol–water partition coefficient (Wildman–Crippen LogP) is 3.49. The number of aromatic carboxylic acids is 1. The molecule has 4 nitrogen and oxygen atoms in total. The van der Waals surface area contributed by atoms with Gasteiger partial charge in [0.1, 0.15) is 0 Å². The molecule has 1 aromatic rings. The van der Waals surface area contributed by atoms with Crippen molar-refractivity contribution >= 4 is 17.6 Å². The molecule has 0 unspecified atom stereocenters. The van der Waals surface area contributed by atoms with Gasteiger partial charge in [-0.1, -0.05) is 11.6 Å². The van der Waals surface area contributed by atoms with E-state index in [4.69, 9.17) is 5.11 Å². The molecule has 21 heavy (non-hydrogen) atoms. The van der Waals surface area contributed by atoms with E-state index in [0.717, 1.165) is 31.3 Å². The molecule has 1 aliphatic carbocycles. The first-order valence-corrected chi connectivity index (χ1v) is 6.67. The first kappa shape index (κ1) is 15.2. The molecule has 1 aliphatic rings. The van der Waals surface area contributed by atoms with Gasteiger partial charge in [-0.3, -0.25) is 4.79 Å². The highest BCUT2D eigenvalue weighted by Crippen LogP contribution is 2.23. The average Bonchev–Trinajstić information content (AvgIpc) is 2.43. The third kappa shape index (κ3) is 3.87. The topological polar surface area (TPSA) is 66.4 Å². The Hall–Kier alpha value is -2.24. The average molecular weight is 295 g/mol. The number of hydrogen-bond acceptors (Lipinski definition) is 2. The third-order valence-electron chi connectivity index (χ3n) is 3.34. The number of hydrogen-bond donors (Lipinski definition) is 2. The van der Waals surface area contributed by atoms with Crippen LogP contribution in [0.4, 0.5) is 14.5 Å². The lowest BCUT2D eigenvalue weighted by molar-refractivity contribution is -0.115. The van der Waals surface area contributed by atoms with Gasteiger partial charge in [0.15, 0.2) is 11.6 Å². The van der Waals surface area contributed by atoms with Crippen LogP contribution >= 0.6 is 0 Å². The Morgan fingerprint density at radius 2 is 1.90 bits per heavy atom. The van der Waals surface area contributed by atoms with Crippen LogP contribution in [-0.2, 0) is 4.79 Å². The molecule has 6 heteroatoms. The summed E-state index contributed by atoms with van der Waals surface area (Å²) in [6.45, 7) is 0. The zero-order chi connectivity index (χ0) is 15.4. The molecule has 2 N–H and O–H groups in total. The predicted molar refractivity (Wildman–Crippen MR) is 73.1 cm³/mol. The number of carboxylic acid groups (broad SMARTS) is 1. The van der Waals surface area contributed by atoms with E-state index in [2.05, 4.69) is 5.32 Å². The number of rotatable bonds is 4. The molecule has 0 heterocycles. The van der Waals surface area contributed by atoms with Crippen LogP contribution in [0.1, 0.15) is 42.5 Å². The molecule has 0 spiro atoms. The molecule has 0 aromatic heterocycles. The number of nitrogens with one attached hydrogen (secondary N) is 1. The van der Waals surface area contributed by atoms with Gasteiger partial charge < -0.3 is 10.4 Å². The van der Waals surface area contributed by atoms with E-state index in [1.807, 2.05) is 6.08 Å². The molecule has 0 radical (unpaired) electrons. The summed E-state index contributed by atoms with van der Waals surface area (Å²) in [5.74, 6) is -4.33. The lowest BCUT2D eigenvalue weighted by Gasteiger charge is -2.13. The molecule has 1 aromatic carbocycles. The summed E-state index contributed by atoms with van der Waals surface area (Å²) >= 11 is 0. The Labute approximate surface area is 120 Å². The standard InChI is InChI=1S/C15H15F2NO3/c16-11-7-10(15(20)21)13(8-12(11)17)18-14(19)6-9-4-2-1-3-5-9/h4,7-8H,1-3,5-6H2,(H,18,19)(H,20,21). The Balaban J connectivity index is 2.14. The van der Waals surface area contributed by atoms with Crippen LogP contribution in [0.15, 0.2) is 23.8 Å². The van der Waals surface area contributed by atoms with Gasteiger partial charge in [0.2, 0.25) is 5.91 Å². The van der Waals surface area contributed by atoms with Crippen molar-refractivity contribution in [1.82, 2.24) is 0 Å². The van der Waals surface area contributed by atoms with E-state index in [1.165, 1.54) is 0 Å². The Kier molecular flexibility index (Phi) is 4.67. The molecule has 0 fully saturated rings. The van der Waals surface area contributed by atoms with Crippen molar-refractivity contribution in [1.29, 1.82) is 0 Å². The molecule has 0 saturated carbocycles. The fraction of sp³-hybridized carbons (Fsp3) is 0.333. The van der Waals surface area contributed by atoms with E-state index in [1.54, 1.807) is 0 Å². The lowest BCUT2D eigenvalue weighted by Crippen LogP contribution is -2.16. The van der Waals surface area contributed by atoms with Gasteiger partial charge in [-0.15, -0.1) is 0 Å². The summed E-state index contributed by atoms with van der Waals surface area (Å²) in [6, 6.07) is 1.25. The number of carboxylic acids is 1. The van der Waals surface area contributed by atoms with Crippen molar-refractivity contribution in [3.63, 3.8) is 0 Å². The van der Waals surface area contributed by atoms with Gasteiger partial charge in [-0.25, -0.2) is 13.6 Å². The second-order valence-corrected chi connectivity index (χ2v) is 4.95. The van der Waals surface area contributed by atoms with Gasteiger partial charge in [0.25, 0.3) is 0 Å². The molecule has 1 amide bonds. The monoisotopic (exact) mass is 295 g/mol. The quantitative estimate of drug-likeness (QED) is 0.836. The Morgan fingerprint density at radius 3 is 2.52 bits per heavy atom. The summed E-state index contributed by atoms with van der Waals surface area (Å²) in [5.41, 5.74) is 0.279. The number of halogens is 2. The minimum Gasteiger partial charge on any atom is -0.478 e. The first-order valence-electron chi connectivity index (χ1n) is 6.67. The molecule has 112 valence electrons. The van der Waals surface area contributed by atoms with Gasteiger partial charge in [-0.05, 0) is 31.7 Å². The van der Waals surface area contributed by atoms with Crippen LogP contribution in [0, 0.1) is 11.6 Å². The van der Waals surface area contributed by atoms with E-state index < -0.39 is 29.1 Å². The van der Waals surface area contributed by atoms with E-state index >= 15 is 0 Å². The van der Waals surface area contributed by atoms with Crippen molar-refractivity contribution in [3.8, 4) is 0 Å². The molecule has 2 rings (SSSR count). The summed E-state index contributed by atoms with van der Waals surface area (Å²) < 4.78 is 26.3. The molecular weight excluding hydrogens is 280 g/mol. The highest BCUT2D eigenvalue weighted by Gasteiger charge is 2.18. The number of amides is 1. The SMILES string of the molecule is O=C(CC1=CCCCC1)Nc1cc(F)c(F)cc1C(=O)O. The van der Waals surface area contributed by atoms with Crippen LogP contribution in [0.2, 0.25) is 0 Å². The van der Waals surface area contributed by atoms with Crippen molar-refractivity contribution in [2.75, 3.05) is 5.32 Å². The van der Waals surface area contributed by atoms with Gasteiger partial charge in [-0.2, -0.15) is 0 Å². The highest BCUT2D eigenvalue weighted by molar-refractivity contribution is 6.01. The minimum absolute atomic E-state index is 0.137. The van der Waals surface area contributed by atoms with Crippen molar-refractivity contribution in [3.05, 3.63) is 41.0 Å². The van der Waals surface area contributed by atoms with Crippen LogP contribution < -0.4 is 5.32 Å². The molecular formula is C15H15F2NO3. The maximum absolute atomic E-state index is 13.2. The largest absolute Gasteiger partial charge is 0.478 e. The van der Waals surface area contributed by atoms with Crippen molar-refractivity contribution in [2.24, 2.45) is 0 Å². The van der Waals surface area contributed by atoms with Crippen LogP contribution in [0.3, 0.4) is 0 Å². The Bertz CT molecular complexity index is 611. The maximum Gasteiger partial charge on any atom is 0.337 e. The van der Waals surface area contributed by atoms with Crippen LogP contribution in [0.25, 0.3) is 0 Å². The zero-order valence-corrected chi connectivity index (χ0v) is 11.3. The number of carbonyl (C=O) groups excluding carboxylic acids is 1. The van der Waals surface area contributed by atoms with Crippen LogP contribution in [-0.4, -0.2) is 17.0 Å². The summed E-state index contributed by atoms with van der Waals surface area (Å²) in [4.78, 5) is 22.9. The zero-order valence-electron chi connectivity index (χ0n) is 11.3. The fourth-order valence-corrected chi connectivity index (χ4v) is 2.29. The molecule has 0 atom stereocenters. The summed E-state index contributed by atoms with van der Waals surface area (Å²) in [7, 11) is 0. The van der Waals surface area contributed by atoms with Crippen LogP contribution in [0.5, 0.6) is 0 Å². The normalized spacial score (nSPS) is 14.5. The lowest BCUT2D eigenvalue weighted by atomic mass is 9.97. The van der Waals surface area contributed by atoms with Gasteiger partial charge >= 0.3 is 5.97 Å². The van der Waals surface area contributed by atoms with Crippen molar-refractivity contribution < 1.29 is 23.5 Å². The second kappa shape index (κ2) is 6.47. The number of anilines is 1. The fourth-order valence-electron chi connectivity index (χ4n) is 2.29. The van der Waals surface area contributed by atoms with Gasteiger partial charge in [0.05, 0.1) is 11.3 Å². The van der Waals surface area contributed by atoms with Gasteiger partial charge in [0, 0.05) is 12.5 Å². The van der Waals surface area contributed by atoms with E-state index in [9.17, 15) is 18.4 Å². The molecule has 0 saturated heterocycles. The maximum atomic E-state index is 13.2. The number of carbonyl (C=O) groups is 2. The highest BCUT2D eigenvalue weighted by atomic mass is 19.2. The van der Waals surface area contributed by atoms with E-state index in [-0.39, 0.29) is 12.1 Å². The molecule has 0 bridgehead atoms. The first-order chi connectivity index (χ1) is 9.97. The van der Waals surface area contributed by atoms with E-state index in [0.29, 0.717) is 12.1 Å². The summed E-state index contributed by atoms with van der Waals surface area (Å²) in [6.07, 6.45) is 6.00. The van der Waals surface area contributed by atoms with Crippen molar-refractivity contribution in [2.45, 2.75) is 32.1 Å². The smallest absolute Gasteiger partial charge is 0.337 e. The summed E-state index contributed by atoms with van der Waals surface area (Å²) in [5, 5.41) is 11.3.